The lowest BCUT2D eigenvalue weighted by Crippen LogP contribution is -2.12. The molecule has 0 radical (unpaired) electrons. The number of hydrogen-bond acceptors (Lipinski definition) is 0. The van der Waals surface area contributed by atoms with Crippen LogP contribution < -0.4 is 0 Å². The van der Waals surface area contributed by atoms with Gasteiger partial charge in [0.15, 0.2) is 4.33 Å². The van der Waals surface area contributed by atoms with Gasteiger partial charge >= 0.3 is 0 Å². The monoisotopic (exact) mass is 190 g/mol. The third kappa shape index (κ3) is 1.13. The van der Waals surface area contributed by atoms with E-state index in [4.69, 9.17) is 23.2 Å². The zero-order valence-corrected chi connectivity index (χ0v) is 8.77. The first-order valence-corrected chi connectivity index (χ1v) is 4.38. The van der Waals surface area contributed by atoms with Crippen molar-refractivity contribution in [3.05, 3.63) is 22.3 Å². The molecule has 2 heteroatoms. The summed E-state index contributed by atoms with van der Waals surface area (Å²) in [4.78, 5) is 0. The van der Waals surface area contributed by atoms with Gasteiger partial charge in [-0.25, -0.2) is 0 Å². The Morgan fingerprint density at radius 2 is 1.09 bits per heavy atom. The Labute approximate surface area is 77.9 Å². The lowest BCUT2D eigenvalue weighted by molar-refractivity contribution is 1.06. The number of hydrogen-bond donors (Lipinski definition) is 0. The summed E-state index contributed by atoms with van der Waals surface area (Å²) in [6.45, 7) is 8.08. The van der Waals surface area contributed by atoms with Crippen LogP contribution in [0.25, 0.3) is 0 Å². The zero-order valence-electron chi connectivity index (χ0n) is 7.26. The summed E-state index contributed by atoms with van der Waals surface area (Å²) in [7, 11) is 0. The molecule has 0 aromatic heterocycles. The molecule has 0 spiro atoms. The Bertz CT molecular complexity index is 231. The molecule has 0 atom stereocenters. The minimum Gasteiger partial charge on any atom is -0.0916 e. The molecular weight excluding hydrogens is 179 g/mol. The normalized spacial score (nSPS) is 23.5. The van der Waals surface area contributed by atoms with Crippen LogP contribution in [0.5, 0.6) is 0 Å². The highest BCUT2D eigenvalue weighted by molar-refractivity contribution is 6.53. The second kappa shape index (κ2) is 2.53. The van der Waals surface area contributed by atoms with Crippen LogP contribution in [0, 0.1) is 0 Å². The fourth-order valence-corrected chi connectivity index (χ4v) is 1.88. The summed E-state index contributed by atoms with van der Waals surface area (Å²) in [5, 5.41) is 0. The molecule has 0 saturated carbocycles. The first-order valence-electron chi connectivity index (χ1n) is 3.63. The van der Waals surface area contributed by atoms with E-state index in [1.54, 1.807) is 0 Å². The largest absolute Gasteiger partial charge is 0.160 e. The zero-order chi connectivity index (χ0) is 8.81. The fraction of sp³-hybridized carbons (Fsp3) is 0.556. The van der Waals surface area contributed by atoms with Crippen molar-refractivity contribution in [3.8, 4) is 0 Å². The molecule has 0 aromatic rings. The molecule has 1 aliphatic rings. The van der Waals surface area contributed by atoms with Crippen molar-refractivity contribution in [2.45, 2.75) is 32.0 Å². The second-order valence-corrected chi connectivity index (χ2v) is 4.40. The van der Waals surface area contributed by atoms with E-state index in [1.807, 2.05) is 13.8 Å². The summed E-state index contributed by atoms with van der Waals surface area (Å²) >= 11 is 12.2. The summed E-state index contributed by atoms with van der Waals surface area (Å²) in [6.07, 6.45) is 0. The SMILES string of the molecule is CC1=C(C)C(Cl)(Cl)C(C)=C1C. The van der Waals surface area contributed by atoms with Crippen LogP contribution in [0.3, 0.4) is 0 Å². The predicted molar refractivity (Wildman–Crippen MR) is 51.2 cm³/mol. The highest BCUT2D eigenvalue weighted by atomic mass is 35.5. The third-order valence-corrected chi connectivity index (χ3v) is 3.76. The first-order chi connectivity index (χ1) is 4.89. The first kappa shape index (κ1) is 9.15. The maximum atomic E-state index is 6.11. The van der Waals surface area contributed by atoms with E-state index in [1.165, 1.54) is 11.1 Å². The van der Waals surface area contributed by atoms with Crippen LogP contribution in [0.15, 0.2) is 22.3 Å². The summed E-state index contributed by atoms with van der Waals surface area (Å²) in [5.74, 6) is 0. The van der Waals surface area contributed by atoms with Gasteiger partial charge in [0.1, 0.15) is 0 Å². The van der Waals surface area contributed by atoms with Gasteiger partial charge < -0.3 is 0 Å². The van der Waals surface area contributed by atoms with Crippen LogP contribution >= 0.6 is 23.2 Å². The van der Waals surface area contributed by atoms with Gasteiger partial charge in [0.2, 0.25) is 0 Å². The van der Waals surface area contributed by atoms with Crippen LogP contribution in [-0.2, 0) is 0 Å². The van der Waals surface area contributed by atoms with Crippen molar-refractivity contribution >= 4 is 23.2 Å². The van der Waals surface area contributed by atoms with Crippen molar-refractivity contribution in [2.75, 3.05) is 0 Å². The van der Waals surface area contributed by atoms with Crippen molar-refractivity contribution in [2.24, 2.45) is 0 Å². The smallest absolute Gasteiger partial charge is 0.0916 e. The highest BCUT2D eigenvalue weighted by Crippen LogP contribution is 2.47. The van der Waals surface area contributed by atoms with Gasteiger partial charge in [0, 0.05) is 0 Å². The lowest BCUT2D eigenvalue weighted by Gasteiger charge is -2.16. The standard InChI is InChI=1S/C9H12Cl2/c1-5-6(2)8(4)9(10,11)7(5)3/h1-4H3. The molecule has 0 aromatic carbocycles. The van der Waals surface area contributed by atoms with E-state index < -0.39 is 4.33 Å². The van der Waals surface area contributed by atoms with E-state index in [9.17, 15) is 0 Å². The van der Waals surface area contributed by atoms with Gasteiger partial charge in [-0.2, -0.15) is 0 Å². The van der Waals surface area contributed by atoms with Gasteiger partial charge in [-0.15, -0.1) is 0 Å². The van der Waals surface area contributed by atoms with E-state index >= 15 is 0 Å². The number of allylic oxidation sites excluding steroid dienone is 4. The molecule has 0 nitrogen and oxygen atoms in total. The van der Waals surface area contributed by atoms with Crippen LogP contribution in [0.4, 0.5) is 0 Å². The van der Waals surface area contributed by atoms with Crippen LogP contribution in [0.1, 0.15) is 27.7 Å². The molecule has 1 rings (SSSR count). The molecular formula is C9H12Cl2. The molecule has 11 heavy (non-hydrogen) atoms. The van der Waals surface area contributed by atoms with Gasteiger partial charge in [0.25, 0.3) is 0 Å². The summed E-state index contributed by atoms with van der Waals surface area (Å²) < 4.78 is -0.742. The predicted octanol–water partition coefficient (Wildman–Crippen LogP) is 3.85. The molecule has 0 heterocycles. The van der Waals surface area contributed by atoms with Crippen LogP contribution in [-0.4, -0.2) is 4.33 Å². The Hall–Kier alpha value is 0.0600. The molecule has 0 unspecified atom stereocenters. The molecule has 0 N–H and O–H groups in total. The van der Waals surface area contributed by atoms with Crippen LogP contribution in [0.2, 0.25) is 0 Å². The van der Waals surface area contributed by atoms with Gasteiger partial charge in [-0.1, -0.05) is 23.2 Å². The number of rotatable bonds is 0. The van der Waals surface area contributed by atoms with Crippen molar-refractivity contribution < 1.29 is 0 Å². The maximum absolute atomic E-state index is 6.11. The Morgan fingerprint density at radius 3 is 1.18 bits per heavy atom. The minimum atomic E-state index is -0.742. The Kier molecular flexibility index (Phi) is 2.11. The fourth-order valence-electron chi connectivity index (χ4n) is 1.31. The van der Waals surface area contributed by atoms with E-state index in [2.05, 4.69) is 13.8 Å². The van der Waals surface area contributed by atoms with Gasteiger partial charge in [-0.3, -0.25) is 0 Å². The van der Waals surface area contributed by atoms with Crippen molar-refractivity contribution in [3.63, 3.8) is 0 Å². The molecule has 0 saturated heterocycles. The van der Waals surface area contributed by atoms with Crippen molar-refractivity contribution in [1.82, 2.24) is 0 Å². The minimum absolute atomic E-state index is 0.742. The molecule has 0 fully saturated rings. The maximum Gasteiger partial charge on any atom is 0.160 e. The van der Waals surface area contributed by atoms with E-state index in [0.717, 1.165) is 11.1 Å². The van der Waals surface area contributed by atoms with Gasteiger partial charge in [0.05, 0.1) is 0 Å². The topological polar surface area (TPSA) is 0 Å². The molecule has 62 valence electrons. The lowest BCUT2D eigenvalue weighted by atomic mass is 10.1. The Morgan fingerprint density at radius 1 is 0.818 bits per heavy atom. The molecule has 0 amide bonds. The van der Waals surface area contributed by atoms with Gasteiger partial charge in [-0.05, 0) is 50.0 Å². The molecule has 1 aliphatic carbocycles. The second-order valence-electron chi connectivity index (χ2n) is 3.07. The molecule has 0 bridgehead atoms. The number of alkyl halides is 2. The average Bonchev–Trinajstić information content (AvgIpc) is 2.06. The van der Waals surface area contributed by atoms with E-state index in [0.29, 0.717) is 0 Å². The van der Waals surface area contributed by atoms with E-state index in [-0.39, 0.29) is 0 Å². The highest BCUT2D eigenvalue weighted by Gasteiger charge is 2.36. The average molecular weight is 191 g/mol. The van der Waals surface area contributed by atoms with Crippen molar-refractivity contribution in [1.29, 1.82) is 0 Å². The summed E-state index contributed by atoms with van der Waals surface area (Å²) in [5.41, 5.74) is 4.59. The molecule has 0 aliphatic heterocycles. The number of halogens is 2. The Balaban J connectivity index is 3.27. The summed E-state index contributed by atoms with van der Waals surface area (Å²) in [6, 6.07) is 0. The third-order valence-electron chi connectivity index (χ3n) is 2.63. The quantitative estimate of drug-likeness (QED) is 0.510.